The molecule has 3 aromatic rings. The van der Waals surface area contributed by atoms with Gasteiger partial charge >= 0.3 is 0 Å². The van der Waals surface area contributed by atoms with Crippen LogP contribution in [0.15, 0.2) is 52.1 Å². The van der Waals surface area contributed by atoms with Crippen LogP contribution < -0.4 is 9.47 Å². The zero-order chi connectivity index (χ0) is 25.0. The van der Waals surface area contributed by atoms with Crippen molar-refractivity contribution in [2.75, 3.05) is 6.79 Å². The van der Waals surface area contributed by atoms with E-state index in [2.05, 4.69) is 46.7 Å². The molecule has 0 bridgehead atoms. The highest BCUT2D eigenvalue weighted by Crippen LogP contribution is 2.36. The number of fused-ring (bicyclic) bond motifs is 3. The SMILES string of the molecule is CCCC1=NN2C(=N)C(=Cc3c(C)n(Cc4ccc5c(c4)OCO5)c4ccc(C)cc34)C(=O)N=C2S1. The standard InChI is InChI=1S/C27H25N5O3S/c1-4-5-24-30-32-25(28)20(26(33)29-27(32)36-24)12-18-16(3)31(21-8-6-15(2)10-19(18)21)13-17-7-9-22-23(11-17)35-14-34-22/h6-12,28H,4-5,13-14H2,1-3H3. The second-order valence-corrected chi connectivity index (χ2v) is 10.1. The molecule has 6 rings (SSSR count). The molecule has 1 aromatic heterocycles. The largest absolute Gasteiger partial charge is 0.454 e. The van der Waals surface area contributed by atoms with Gasteiger partial charge in [-0.3, -0.25) is 10.2 Å². The van der Waals surface area contributed by atoms with E-state index in [0.717, 1.165) is 62.7 Å². The van der Waals surface area contributed by atoms with Crippen LogP contribution >= 0.6 is 11.8 Å². The first-order valence-electron chi connectivity index (χ1n) is 11.9. The molecular formula is C27H25N5O3S. The number of nitrogens with one attached hydrogen (secondary N) is 1. The van der Waals surface area contributed by atoms with E-state index in [4.69, 9.17) is 14.9 Å². The van der Waals surface area contributed by atoms with Crippen LogP contribution in [0.2, 0.25) is 0 Å². The molecule has 1 N–H and O–H groups in total. The average molecular weight is 500 g/mol. The van der Waals surface area contributed by atoms with Crippen molar-refractivity contribution in [2.45, 2.75) is 40.2 Å². The summed E-state index contributed by atoms with van der Waals surface area (Å²) >= 11 is 1.37. The first kappa shape index (κ1) is 22.6. The van der Waals surface area contributed by atoms with Gasteiger partial charge < -0.3 is 14.0 Å². The molecule has 0 fully saturated rings. The van der Waals surface area contributed by atoms with Gasteiger partial charge in [-0.1, -0.05) is 24.6 Å². The Kier molecular flexibility index (Phi) is 5.44. The maximum absolute atomic E-state index is 13.0. The zero-order valence-electron chi connectivity index (χ0n) is 20.3. The molecule has 0 spiro atoms. The van der Waals surface area contributed by atoms with E-state index in [0.29, 0.717) is 11.7 Å². The Hall–Kier alpha value is -3.85. The molecule has 9 heteroatoms. The van der Waals surface area contributed by atoms with Gasteiger partial charge in [-0.05, 0) is 74.4 Å². The number of thioether (sulfide) groups is 1. The van der Waals surface area contributed by atoms with E-state index < -0.39 is 5.91 Å². The molecular weight excluding hydrogens is 474 g/mol. The second kappa shape index (κ2) is 8.67. The van der Waals surface area contributed by atoms with Crippen LogP contribution in [0.5, 0.6) is 11.5 Å². The summed E-state index contributed by atoms with van der Waals surface area (Å²) in [6.07, 6.45) is 3.54. The molecule has 0 atom stereocenters. The van der Waals surface area contributed by atoms with Crippen molar-refractivity contribution in [3.63, 3.8) is 0 Å². The van der Waals surface area contributed by atoms with Crippen LogP contribution in [0, 0.1) is 19.3 Å². The lowest BCUT2D eigenvalue weighted by molar-refractivity contribution is -0.114. The molecule has 36 heavy (non-hydrogen) atoms. The van der Waals surface area contributed by atoms with E-state index in [1.807, 2.05) is 25.1 Å². The normalized spacial score (nSPS) is 17.8. The lowest BCUT2D eigenvalue weighted by Gasteiger charge is -2.20. The van der Waals surface area contributed by atoms with Gasteiger partial charge in [0.05, 0.1) is 5.57 Å². The van der Waals surface area contributed by atoms with E-state index in [1.54, 1.807) is 6.08 Å². The van der Waals surface area contributed by atoms with Crippen LogP contribution in [0.25, 0.3) is 17.0 Å². The molecule has 0 saturated heterocycles. The van der Waals surface area contributed by atoms with E-state index in [9.17, 15) is 4.79 Å². The van der Waals surface area contributed by atoms with Crippen molar-refractivity contribution in [3.8, 4) is 11.5 Å². The third-order valence-electron chi connectivity index (χ3n) is 6.55. The van der Waals surface area contributed by atoms with Crippen LogP contribution in [0.1, 0.15) is 42.1 Å². The van der Waals surface area contributed by atoms with Crippen molar-refractivity contribution in [2.24, 2.45) is 10.1 Å². The van der Waals surface area contributed by atoms with Gasteiger partial charge in [0.2, 0.25) is 12.0 Å². The highest BCUT2D eigenvalue weighted by atomic mass is 32.2. The summed E-state index contributed by atoms with van der Waals surface area (Å²) in [5.74, 6) is 1.16. The first-order valence-corrected chi connectivity index (χ1v) is 12.7. The topological polar surface area (TPSA) is 92.3 Å². The molecule has 1 amide bonds. The number of aliphatic imine (C=N–C) groups is 1. The van der Waals surface area contributed by atoms with Gasteiger partial charge in [0.25, 0.3) is 5.91 Å². The Morgan fingerprint density at radius 2 is 1.97 bits per heavy atom. The van der Waals surface area contributed by atoms with Crippen LogP contribution in [0.4, 0.5) is 0 Å². The highest BCUT2D eigenvalue weighted by molar-refractivity contribution is 8.26. The lowest BCUT2D eigenvalue weighted by Crippen LogP contribution is -2.35. The van der Waals surface area contributed by atoms with Crippen molar-refractivity contribution in [1.82, 2.24) is 9.58 Å². The fourth-order valence-corrected chi connectivity index (χ4v) is 5.71. The molecule has 2 aromatic carbocycles. The molecule has 0 saturated carbocycles. The summed E-state index contributed by atoms with van der Waals surface area (Å²) in [7, 11) is 0. The van der Waals surface area contributed by atoms with Crippen molar-refractivity contribution < 1.29 is 14.3 Å². The number of benzene rings is 2. The van der Waals surface area contributed by atoms with Gasteiger partial charge in [0.15, 0.2) is 17.3 Å². The van der Waals surface area contributed by atoms with Crippen molar-refractivity contribution in [3.05, 3.63) is 64.4 Å². The smallest absolute Gasteiger partial charge is 0.283 e. The first-order chi connectivity index (χ1) is 17.4. The van der Waals surface area contributed by atoms with E-state index >= 15 is 0 Å². The number of hydrogen-bond donors (Lipinski definition) is 1. The number of amidine groups is 2. The number of amides is 1. The summed E-state index contributed by atoms with van der Waals surface area (Å²) in [6.45, 7) is 7.05. The van der Waals surface area contributed by atoms with Crippen molar-refractivity contribution >= 4 is 50.7 Å². The van der Waals surface area contributed by atoms with Gasteiger partial charge in [-0.25, -0.2) is 0 Å². The summed E-state index contributed by atoms with van der Waals surface area (Å²) < 4.78 is 13.3. The molecule has 0 unspecified atom stereocenters. The Bertz CT molecular complexity index is 1550. The number of carbonyl (C=O) groups is 1. The Labute approximate surface area is 212 Å². The number of aromatic nitrogens is 1. The summed E-state index contributed by atoms with van der Waals surface area (Å²) in [5, 5.41) is 17.1. The predicted octanol–water partition coefficient (Wildman–Crippen LogP) is 5.45. The maximum Gasteiger partial charge on any atom is 0.283 e. The molecule has 3 aliphatic heterocycles. The number of hydrogen-bond acceptors (Lipinski definition) is 6. The number of rotatable bonds is 5. The lowest BCUT2D eigenvalue weighted by atomic mass is 10.0. The molecule has 0 radical (unpaired) electrons. The maximum atomic E-state index is 13.0. The minimum atomic E-state index is -0.407. The van der Waals surface area contributed by atoms with Gasteiger partial charge in [-0.15, -0.1) is 0 Å². The third-order valence-corrected chi connectivity index (χ3v) is 7.52. The monoisotopic (exact) mass is 499 g/mol. The summed E-state index contributed by atoms with van der Waals surface area (Å²) in [4.78, 5) is 17.3. The van der Waals surface area contributed by atoms with Crippen LogP contribution in [-0.4, -0.2) is 38.3 Å². The van der Waals surface area contributed by atoms with Gasteiger partial charge in [0, 0.05) is 28.7 Å². The number of aryl methyl sites for hydroxylation is 1. The fraction of sp³-hybridized carbons (Fsp3) is 0.259. The third kappa shape index (κ3) is 3.71. The Balaban J connectivity index is 1.43. The van der Waals surface area contributed by atoms with Crippen LogP contribution in [0.3, 0.4) is 0 Å². The number of ether oxygens (including phenoxy) is 2. The quantitative estimate of drug-likeness (QED) is 0.471. The van der Waals surface area contributed by atoms with Gasteiger partial charge in [0.1, 0.15) is 5.04 Å². The molecule has 3 aliphatic rings. The molecule has 182 valence electrons. The number of nitrogens with zero attached hydrogens (tertiary/aromatic N) is 4. The predicted molar refractivity (Wildman–Crippen MR) is 143 cm³/mol. The number of hydrazone groups is 1. The van der Waals surface area contributed by atoms with E-state index in [1.165, 1.54) is 16.8 Å². The van der Waals surface area contributed by atoms with Gasteiger partial charge in [-0.2, -0.15) is 15.1 Å². The minimum Gasteiger partial charge on any atom is -0.454 e. The molecule has 4 heterocycles. The Morgan fingerprint density at radius 1 is 1.14 bits per heavy atom. The second-order valence-electron chi connectivity index (χ2n) is 9.06. The zero-order valence-corrected chi connectivity index (χ0v) is 21.1. The summed E-state index contributed by atoms with van der Waals surface area (Å²) in [6, 6.07) is 12.3. The fourth-order valence-electron chi connectivity index (χ4n) is 4.72. The summed E-state index contributed by atoms with van der Waals surface area (Å²) in [5.41, 5.74) is 5.42. The van der Waals surface area contributed by atoms with Crippen LogP contribution in [-0.2, 0) is 11.3 Å². The minimum absolute atomic E-state index is 0.0623. The van der Waals surface area contributed by atoms with E-state index in [-0.39, 0.29) is 18.2 Å². The number of carbonyl (C=O) groups excluding carboxylic acids is 1. The Morgan fingerprint density at radius 3 is 2.81 bits per heavy atom. The average Bonchev–Trinajstić information content (AvgIpc) is 3.54. The highest BCUT2D eigenvalue weighted by Gasteiger charge is 2.35. The molecule has 0 aliphatic carbocycles. The van der Waals surface area contributed by atoms with Crippen molar-refractivity contribution in [1.29, 1.82) is 5.41 Å². The molecule has 8 nitrogen and oxygen atoms in total.